The van der Waals surface area contributed by atoms with E-state index in [9.17, 15) is 4.79 Å². The van der Waals surface area contributed by atoms with Crippen LogP contribution in [0.3, 0.4) is 0 Å². The van der Waals surface area contributed by atoms with Gasteiger partial charge in [-0.05, 0) is 6.42 Å². The molecule has 0 radical (unpaired) electrons. The lowest BCUT2D eigenvalue weighted by atomic mass is 10.3. The molecule has 0 bridgehead atoms. The molecule has 0 atom stereocenters. The molecule has 0 unspecified atom stereocenters. The first-order valence-electron chi connectivity index (χ1n) is 3.68. The van der Waals surface area contributed by atoms with Crippen LogP contribution in [-0.2, 0) is 4.79 Å². The van der Waals surface area contributed by atoms with E-state index < -0.39 is 0 Å². The van der Waals surface area contributed by atoms with E-state index in [1.807, 2.05) is 11.8 Å². The predicted octanol–water partition coefficient (Wildman–Crippen LogP) is 1.18. The fraction of sp³-hybridized carbons (Fsp3) is 0.625. The summed E-state index contributed by atoms with van der Waals surface area (Å²) >= 11 is 0. The van der Waals surface area contributed by atoms with Crippen molar-refractivity contribution >= 4 is 5.91 Å². The van der Waals surface area contributed by atoms with E-state index in [0.29, 0.717) is 6.42 Å². The van der Waals surface area contributed by atoms with Crippen molar-refractivity contribution in [1.29, 1.82) is 0 Å². The highest BCUT2D eigenvalue weighted by Crippen LogP contribution is 2.13. The Bertz CT molecular complexity index is 163. The zero-order chi connectivity index (χ0) is 7.56. The van der Waals surface area contributed by atoms with Crippen LogP contribution >= 0.6 is 0 Å². The van der Waals surface area contributed by atoms with Crippen molar-refractivity contribution in [2.24, 2.45) is 0 Å². The molecule has 0 aromatic heterocycles. The van der Waals surface area contributed by atoms with Crippen LogP contribution in [0.1, 0.15) is 19.8 Å². The minimum absolute atomic E-state index is 0.249. The van der Waals surface area contributed by atoms with Crippen molar-refractivity contribution in [2.45, 2.75) is 19.8 Å². The minimum Gasteiger partial charge on any atom is -0.338 e. The second-order valence-corrected chi connectivity index (χ2v) is 2.67. The molecule has 1 heterocycles. The first-order valence-corrected chi connectivity index (χ1v) is 3.68. The molecule has 1 rings (SSSR count). The van der Waals surface area contributed by atoms with Gasteiger partial charge in [0.1, 0.15) is 0 Å². The Labute approximate surface area is 61.5 Å². The van der Waals surface area contributed by atoms with Crippen LogP contribution in [0.4, 0.5) is 0 Å². The van der Waals surface area contributed by atoms with Crippen LogP contribution < -0.4 is 0 Å². The summed E-state index contributed by atoms with van der Waals surface area (Å²) in [5, 5.41) is 0. The van der Waals surface area contributed by atoms with Crippen LogP contribution in [0.15, 0.2) is 12.2 Å². The van der Waals surface area contributed by atoms with Crippen LogP contribution in [0.5, 0.6) is 0 Å². The maximum Gasteiger partial charge on any atom is 0.222 e. The van der Waals surface area contributed by atoms with Gasteiger partial charge in [-0.3, -0.25) is 4.79 Å². The number of carbonyl (C=O) groups excluding carboxylic acids is 1. The summed E-state index contributed by atoms with van der Waals surface area (Å²) in [4.78, 5) is 12.9. The predicted molar refractivity (Wildman–Crippen MR) is 40.6 cm³/mol. The molecule has 2 heteroatoms. The lowest BCUT2D eigenvalue weighted by Gasteiger charge is -2.12. The quantitative estimate of drug-likeness (QED) is 0.500. The number of rotatable bonds is 1. The van der Waals surface area contributed by atoms with Crippen molar-refractivity contribution in [2.75, 3.05) is 13.1 Å². The topological polar surface area (TPSA) is 20.3 Å². The Morgan fingerprint density at radius 1 is 1.80 bits per heavy atom. The molecule has 10 heavy (non-hydrogen) atoms. The van der Waals surface area contributed by atoms with E-state index >= 15 is 0 Å². The number of nitrogens with zero attached hydrogens (tertiary/aromatic N) is 1. The molecule has 1 fully saturated rings. The molecule has 56 valence electrons. The fourth-order valence-electron chi connectivity index (χ4n) is 1.16. The molecule has 2 nitrogen and oxygen atoms in total. The first-order chi connectivity index (χ1) is 4.74. The van der Waals surface area contributed by atoms with Crippen LogP contribution in [0, 0.1) is 0 Å². The second kappa shape index (κ2) is 2.86. The van der Waals surface area contributed by atoms with Gasteiger partial charge in [0.25, 0.3) is 0 Å². The Balaban J connectivity index is 2.44. The summed E-state index contributed by atoms with van der Waals surface area (Å²) in [7, 11) is 0. The lowest BCUT2D eigenvalue weighted by molar-refractivity contribution is -0.129. The van der Waals surface area contributed by atoms with E-state index in [1.54, 1.807) is 0 Å². The largest absolute Gasteiger partial charge is 0.338 e. The maximum absolute atomic E-state index is 11.0. The summed E-state index contributed by atoms with van der Waals surface area (Å²) in [6.07, 6.45) is 1.61. The second-order valence-electron chi connectivity index (χ2n) is 2.67. The maximum atomic E-state index is 11.0. The third-order valence-corrected chi connectivity index (χ3v) is 1.80. The molecule has 0 N–H and O–H groups in total. The number of amides is 1. The Kier molecular flexibility index (Phi) is 2.10. The van der Waals surface area contributed by atoms with Crippen LogP contribution in [0.2, 0.25) is 0 Å². The average Bonchev–Trinajstić information content (AvgIpc) is 2.34. The van der Waals surface area contributed by atoms with Crippen molar-refractivity contribution in [3.05, 3.63) is 12.2 Å². The molecule has 0 saturated carbocycles. The Morgan fingerprint density at radius 3 is 2.90 bits per heavy atom. The molecule has 0 aromatic rings. The van der Waals surface area contributed by atoms with E-state index in [2.05, 4.69) is 6.58 Å². The molecule has 1 amide bonds. The number of likely N-dealkylation sites (tertiary alicyclic amines) is 1. The summed E-state index contributed by atoms with van der Waals surface area (Å²) in [6, 6.07) is 0. The van der Waals surface area contributed by atoms with Gasteiger partial charge in [0.15, 0.2) is 0 Å². The zero-order valence-corrected chi connectivity index (χ0v) is 6.39. The summed E-state index contributed by atoms with van der Waals surface area (Å²) in [5.74, 6) is 0.249. The SMILES string of the molecule is C=C1CCN(C(=O)CC)C1. The molecule has 0 aliphatic carbocycles. The van der Waals surface area contributed by atoms with Crippen molar-refractivity contribution in [3.8, 4) is 0 Å². The molecule has 1 aliphatic heterocycles. The highest BCUT2D eigenvalue weighted by molar-refractivity contribution is 5.76. The Morgan fingerprint density at radius 2 is 2.50 bits per heavy atom. The molecular weight excluding hydrogens is 126 g/mol. The third kappa shape index (κ3) is 1.38. The highest BCUT2D eigenvalue weighted by Gasteiger charge is 2.17. The van der Waals surface area contributed by atoms with Crippen molar-refractivity contribution < 1.29 is 4.79 Å². The minimum atomic E-state index is 0.249. The van der Waals surface area contributed by atoms with Gasteiger partial charge in [-0.2, -0.15) is 0 Å². The fourth-order valence-corrected chi connectivity index (χ4v) is 1.16. The smallest absolute Gasteiger partial charge is 0.222 e. The van der Waals surface area contributed by atoms with Gasteiger partial charge in [-0.15, -0.1) is 0 Å². The van der Waals surface area contributed by atoms with Crippen molar-refractivity contribution in [3.63, 3.8) is 0 Å². The van der Waals surface area contributed by atoms with Gasteiger partial charge in [0.05, 0.1) is 0 Å². The molecule has 0 aromatic carbocycles. The molecule has 0 spiro atoms. The lowest BCUT2D eigenvalue weighted by Crippen LogP contribution is -2.26. The summed E-state index contributed by atoms with van der Waals surface area (Å²) in [5.41, 5.74) is 1.18. The molecule has 1 saturated heterocycles. The summed E-state index contributed by atoms with van der Waals surface area (Å²) in [6.45, 7) is 7.38. The van der Waals surface area contributed by atoms with Gasteiger partial charge in [0.2, 0.25) is 5.91 Å². The molecular formula is C8H13NO. The standard InChI is InChI=1S/C8H13NO/c1-3-8(10)9-5-4-7(2)6-9/h2-6H2,1H3. The van der Waals surface area contributed by atoms with Gasteiger partial charge >= 0.3 is 0 Å². The van der Waals surface area contributed by atoms with Crippen LogP contribution in [-0.4, -0.2) is 23.9 Å². The van der Waals surface area contributed by atoms with Gasteiger partial charge in [-0.25, -0.2) is 0 Å². The number of carbonyl (C=O) groups is 1. The van der Waals surface area contributed by atoms with Gasteiger partial charge in [-0.1, -0.05) is 19.1 Å². The van der Waals surface area contributed by atoms with Crippen LogP contribution in [0.25, 0.3) is 0 Å². The number of hydrogen-bond acceptors (Lipinski definition) is 1. The monoisotopic (exact) mass is 139 g/mol. The highest BCUT2D eigenvalue weighted by atomic mass is 16.2. The first kappa shape index (κ1) is 7.32. The van der Waals surface area contributed by atoms with Crippen molar-refractivity contribution in [1.82, 2.24) is 4.90 Å². The zero-order valence-electron chi connectivity index (χ0n) is 6.39. The normalized spacial score (nSPS) is 18.1. The van der Waals surface area contributed by atoms with E-state index in [-0.39, 0.29) is 5.91 Å². The summed E-state index contributed by atoms with van der Waals surface area (Å²) < 4.78 is 0. The van der Waals surface area contributed by atoms with E-state index in [0.717, 1.165) is 19.5 Å². The molecule has 1 aliphatic rings. The Hall–Kier alpha value is -0.790. The van der Waals surface area contributed by atoms with Gasteiger partial charge < -0.3 is 4.90 Å². The number of hydrogen-bond donors (Lipinski definition) is 0. The van der Waals surface area contributed by atoms with Gasteiger partial charge in [0, 0.05) is 19.5 Å². The van der Waals surface area contributed by atoms with E-state index in [1.165, 1.54) is 5.57 Å². The van der Waals surface area contributed by atoms with E-state index in [4.69, 9.17) is 0 Å². The average molecular weight is 139 g/mol. The third-order valence-electron chi connectivity index (χ3n) is 1.80.